The average Bonchev–Trinajstić information content (AvgIpc) is 3.16. The number of amides is 2. The summed E-state index contributed by atoms with van der Waals surface area (Å²) in [5.74, 6) is 0. The van der Waals surface area contributed by atoms with Crippen LogP contribution in [0.15, 0.2) is 24.3 Å². The Morgan fingerprint density at radius 2 is 1.79 bits per heavy atom. The SMILES string of the molecule is COCc1ccccc1CNC(=O)N1CCN(C2CCCC2)CC1. The van der Waals surface area contributed by atoms with Gasteiger partial charge < -0.3 is 15.0 Å². The van der Waals surface area contributed by atoms with Crippen molar-refractivity contribution in [1.29, 1.82) is 0 Å². The summed E-state index contributed by atoms with van der Waals surface area (Å²) in [6.45, 7) is 4.83. The van der Waals surface area contributed by atoms with Gasteiger partial charge in [0.1, 0.15) is 0 Å². The first-order chi connectivity index (χ1) is 11.8. The molecule has 24 heavy (non-hydrogen) atoms. The van der Waals surface area contributed by atoms with E-state index in [1.165, 1.54) is 25.7 Å². The average molecular weight is 331 g/mol. The van der Waals surface area contributed by atoms with Crippen molar-refractivity contribution < 1.29 is 9.53 Å². The number of urea groups is 1. The highest BCUT2D eigenvalue weighted by molar-refractivity contribution is 5.74. The summed E-state index contributed by atoms with van der Waals surface area (Å²) in [7, 11) is 1.69. The number of piperazine rings is 1. The highest BCUT2D eigenvalue weighted by Crippen LogP contribution is 2.24. The Kier molecular flexibility index (Phi) is 6.10. The fourth-order valence-electron chi connectivity index (χ4n) is 3.87. The van der Waals surface area contributed by atoms with Gasteiger partial charge in [-0.25, -0.2) is 4.79 Å². The first-order valence-corrected chi connectivity index (χ1v) is 9.10. The van der Waals surface area contributed by atoms with E-state index >= 15 is 0 Å². The van der Waals surface area contributed by atoms with Crippen LogP contribution in [0, 0.1) is 0 Å². The zero-order valence-electron chi connectivity index (χ0n) is 14.7. The predicted molar refractivity (Wildman–Crippen MR) is 94.8 cm³/mol. The molecule has 0 bridgehead atoms. The van der Waals surface area contributed by atoms with Crippen LogP contribution < -0.4 is 5.32 Å². The van der Waals surface area contributed by atoms with Gasteiger partial charge in [-0.05, 0) is 24.0 Å². The first kappa shape index (κ1) is 17.2. The van der Waals surface area contributed by atoms with E-state index in [2.05, 4.69) is 10.2 Å². The molecule has 3 rings (SSSR count). The third kappa shape index (κ3) is 4.28. The van der Waals surface area contributed by atoms with Gasteiger partial charge in [0.25, 0.3) is 0 Å². The lowest BCUT2D eigenvalue weighted by Crippen LogP contribution is -2.53. The number of methoxy groups -OCH3 is 1. The fourth-order valence-corrected chi connectivity index (χ4v) is 3.87. The number of hydrogen-bond donors (Lipinski definition) is 1. The first-order valence-electron chi connectivity index (χ1n) is 9.10. The van der Waals surface area contributed by atoms with Crippen LogP contribution in [0.25, 0.3) is 0 Å². The van der Waals surface area contributed by atoms with E-state index in [1.807, 2.05) is 29.2 Å². The van der Waals surface area contributed by atoms with Crippen molar-refractivity contribution in [3.63, 3.8) is 0 Å². The molecule has 1 heterocycles. The van der Waals surface area contributed by atoms with Crippen LogP contribution in [-0.4, -0.2) is 55.2 Å². The van der Waals surface area contributed by atoms with Gasteiger partial charge in [-0.15, -0.1) is 0 Å². The zero-order chi connectivity index (χ0) is 16.8. The molecule has 0 radical (unpaired) electrons. The van der Waals surface area contributed by atoms with Crippen LogP contribution >= 0.6 is 0 Å². The summed E-state index contributed by atoms with van der Waals surface area (Å²) >= 11 is 0. The third-order valence-electron chi connectivity index (χ3n) is 5.29. The van der Waals surface area contributed by atoms with Crippen molar-refractivity contribution in [3.05, 3.63) is 35.4 Å². The molecule has 2 aliphatic rings. The third-order valence-corrected chi connectivity index (χ3v) is 5.29. The molecule has 1 aliphatic carbocycles. The van der Waals surface area contributed by atoms with Crippen LogP contribution in [0.1, 0.15) is 36.8 Å². The molecule has 1 aromatic rings. The molecule has 1 aromatic carbocycles. The molecule has 0 spiro atoms. The molecule has 1 saturated heterocycles. The van der Waals surface area contributed by atoms with E-state index in [0.717, 1.165) is 43.3 Å². The number of hydrogen-bond acceptors (Lipinski definition) is 3. The molecule has 0 atom stereocenters. The minimum absolute atomic E-state index is 0.0493. The van der Waals surface area contributed by atoms with E-state index in [-0.39, 0.29) is 6.03 Å². The summed E-state index contributed by atoms with van der Waals surface area (Å²) in [4.78, 5) is 17.0. The van der Waals surface area contributed by atoms with Crippen LogP contribution in [0.5, 0.6) is 0 Å². The number of nitrogens with one attached hydrogen (secondary N) is 1. The highest BCUT2D eigenvalue weighted by atomic mass is 16.5. The van der Waals surface area contributed by atoms with Crippen molar-refractivity contribution in [2.45, 2.75) is 44.9 Å². The van der Waals surface area contributed by atoms with E-state index in [0.29, 0.717) is 13.2 Å². The van der Waals surface area contributed by atoms with Crippen molar-refractivity contribution in [2.24, 2.45) is 0 Å². The molecule has 2 amide bonds. The summed E-state index contributed by atoms with van der Waals surface area (Å²) in [5, 5.41) is 3.06. The van der Waals surface area contributed by atoms with Gasteiger partial charge in [-0.3, -0.25) is 4.90 Å². The summed E-state index contributed by atoms with van der Waals surface area (Å²) < 4.78 is 5.22. The second-order valence-electron chi connectivity index (χ2n) is 6.82. The lowest BCUT2D eigenvalue weighted by Gasteiger charge is -2.38. The quantitative estimate of drug-likeness (QED) is 0.902. The maximum absolute atomic E-state index is 12.4. The number of ether oxygens (including phenoxy) is 1. The Balaban J connectivity index is 1.46. The Morgan fingerprint density at radius 3 is 2.46 bits per heavy atom. The van der Waals surface area contributed by atoms with Crippen molar-refractivity contribution in [3.8, 4) is 0 Å². The van der Waals surface area contributed by atoms with Crippen LogP contribution in [0.4, 0.5) is 4.79 Å². The van der Waals surface area contributed by atoms with E-state index in [4.69, 9.17) is 4.74 Å². The summed E-state index contributed by atoms with van der Waals surface area (Å²) in [6, 6.07) is 8.91. The molecule has 132 valence electrons. The number of carbonyl (C=O) groups is 1. The maximum Gasteiger partial charge on any atom is 0.317 e. The summed E-state index contributed by atoms with van der Waals surface area (Å²) in [5.41, 5.74) is 2.25. The number of nitrogens with zero attached hydrogens (tertiary/aromatic N) is 2. The second kappa shape index (κ2) is 8.49. The molecular formula is C19H29N3O2. The molecule has 5 nitrogen and oxygen atoms in total. The molecule has 0 unspecified atom stereocenters. The molecule has 1 N–H and O–H groups in total. The minimum atomic E-state index is 0.0493. The molecule has 1 saturated carbocycles. The Labute approximate surface area is 145 Å². The zero-order valence-corrected chi connectivity index (χ0v) is 14.7. The topological polar surface area (TPSA) is 44.8 Å². The largest absolute Gasteiger partial charge is 0.380 e. The van der Waals surface area contributed by atoms with Crippen LogP contribution in [-0.2, 0) is 17.9 Å². The van der Waals surface area contributed by atoms with Gasteiger partial charge >= 0.3 is 6.03 Å². The second-order valence-corrected chi connectivity index (χ2v) is 6.82. The molecule has 1 aliphatic heterocycles. The highest BCUT2D eigenvalue weighted by Gasteiger charge is 2.27. The van der Waals surface area contributed by atoms with Crippen molar-refractivity contribution in [1.82, 2.24) is 15.1 Å². The molecule has 5 heteroatoms. The molecule has 2 fully saturated rings. The van der Waals surface area contributed by atoms with Gasteiger partial charge in [0.05, 0.1) is 6.61 Å². The number of benzene rings is 1. The maximum atomic E-state index is 12.4. The molecular weight excluding hydrogens is 302 g/mol. The summed E-state index contributed by atoms with van der Waals surface area (Å²) in [6.07, 6.45) is 5.41. The van der Waals surface area contributed by atoms with Crippen molar-refractivity contribution >= 4 is 6.03 Å². The fraction of sp³-hybridized carbons (Fsp3) is 0.632. The minimum Gasteiger partial charge on any atom is -0.380 e. The molecule has 0 aromatic heterocycles. The smallest absolute Gasteiger partial charge is 0.317 e. The Bertz CT molecular complexity index is 535. The monoisotopic (exact) mass is 331 g/mol. The Morgan fingerprint density at radius 1 is 1.12 bits per heavy atom. The number of rotatable bonds is 5. The van der Waals surface area contributed by atoms with Gasteiger partial charge in [0.15, 0.2) is 0 Å². The predicted octanol–water partition coefficient (Wildman–Crippen LogP) is 2.60. The van der Waals surface area contributed by atoms with Gasteiger partial charge in [0.2, 0.25) is 0 Å². The Hall–Kier alpha value is -1.59. The number of carbonyl (C=O) groups excluding carboxylic acids is 1. The lowest BCUT2D eigenvalue weighted by atomic mass is 10.1. The van der Waals surface area contributed by atoms with Gasteiger partial charge in [0, 0.05) is 45.9 Å². The van der Waals surface area contributed by atoms with Gasteiger partial charge in [-0.1, -0.05) is 37.1 Å². The normalized spacial score (nSPS) is 19.6. The standard InChI is InChI=1S/C19H29N3O2/c1-24-15-17-7-3-2-6-16(17)14-20-19(23)22-12-10-21(11-13-22)18-8-4-5-9-18/h2-3,6-7,18H,4-5,8-15H2,1H3,(H,20,23). The van der Waals surface area contributed by atoms with Crippen molar-refractivity contribution in [2.75, 3.05) is 33.3 Å². The lowest BCUT2D eigenvalue weighted by molar-refractivity contribution is 0.109. The van der Waals surface area contributed by atoms with Gasteiger partial charge in [-0.2, -0.15) is 0 Å². The van der Waals surface area contributed by atoms with E-state index < -0.39 is 0 Å². The van der Waals surface area contributed by atoms with Crippen LogP contribution in [0.2, 0.25) is 0 Å². The van der Waals surface area contributed by atoms with E-state index in [1.54, 1.807) is 7.11 Å². The van der Waals surface area contributed by atoms with E-state index in [9.17, 15) is 4.79 Å². The van der Waals surface area contributed by atoms with Crippen LogP contribution in [0.3, 0.4) is 0 Å².